The molecule has 0 amide bonds. The van der Waals surface area contributed by atoms with E-state index in [4.69, 9.17) is 9.47 Å². The molecule has 0 aliphatic carbocycles. The summed E-state index contributed by atoms with van der Waals surface area (Å²) in [5, 5.41) is 9.17. The van der Waals surface area contributed by atoms with Crippen LogP contribution in [0.25, 0.3) is 0 Å². The molecule has 8 heteroatoms. The largest absolute Gasteiger partial charge is 0.490 e. The molecule has 1 N–H and O–H groups in total. The minimum Gasteiger partial charge on any atom is -0.490 e. The van der Waals surface area contributed by atoms with E-state index in [1.165, 1.54) is 12.1 Å². The van der Waals surface area contributed by atoms with Gasteiger partial charge in [-0.25, -0.2) is 8.42 Å². The lowest BCUT2D eigenvalue weighted by atomic mass is 10.2. The van der Waals surface area contributed by atoms with Gasteiger partial charge in [-0.3, -0.25) is 4.79 Å². The maximum atomic E-state index is 12.7. The van der Waals surface area contributed by atoms with Crippen molar-refractivity contribution in [1.29, 1.82) is 0 Å². The summed E-state index contributed by atoms with van der Waals surface area (Å²) >= 11 is 0. The Kier molecular flexibility index (Phi) is 3.96. The molecule has 0 spiro atoms. The zero-order valence-corrected chi connectivity index (χ0v) is 12.7. The Balaban J connectivity index is 1.95. The number of aliphatic carboxylic acids is 1. The van der Waals surface area contributed by atoms with Crippen LogP contribution in [0.5, 0.6) is 11.5 Å². The molecule has 0 aromatic heterocycles. The number of benzene rings is 1. The third kappa shape index (κ3) is 2.64. The van der Waals surface area contributed by atoms with Gasteiger partial charge >= 0.3 is 5.97 Å². The standard InChI is InChI=1S/C14H17NO6S/c16-14(17)11-3-1-6-15(11)22(18,19)10-4-5-12-13(9-10)21-8-2-7-20-12/h4-5,9,11H,1-3,6-8H2,(H,16,17)/t11-/m1/s1. The predicted octanol–water partition coefficient (Wildman–Crippen LogP) is 1.09. The van der Waals surface area contributed by atoms with Crippen LogP contribution >= 0.6 is 0 Å². The van der Waals surface area contributed by atoms with Gasteiger partial charge in [0.15, 0.2) is 11.5 Å². The lowest BCUT2D eigenvalue weighted by Crippen LogP contribution is -2.40. The molecule has 22 heavy (non-hydrogen) atoms. The Morgan fingerprint density at radius 3 is 2.64 bits per heavy atom. The van der Waals surface area contributed by atoms with Gasteiger partial charge in [0.05, 0.1) is 18.1 Å². The average molecular weight is 327 g/mol. The van der Waals surface area contributed by atoms with Gasteiger partial charge < -0.3 is 14.6 Å². The Labute approximate surface area is 128 Å². The fourth-order valence-electron chi connectivity index (χ4n) is 2.71. The first kappa shape index (κ1) is 15.1. The fraction of sp³-hybridized carbons (Fsp3) is 0.500. The fourth-order valence-corrected chi connectivity index (χ4v) is 4.38. The van der Waals surface area contributed by atoms with Gasteiger partial charge in [0.2, 0.25) is 10.0 Å². The molecule has 2 aliphatic heterocycles. The Hall–Kier alpha value is -1.80. The van der Waals surface area contributed by atoms with Crippen molar-refractivity contribution in [3.8, 4) is 11.5 Å². The highest BCUT2D eigenvalue weighted by molar-refractivity contribution is 7.89. The molecule has 7 nitrogen and oxygen atoms in total. The number of nitrogens with zero attached hydrogens (tertiary/aromatic N) is 1. The van der Waals surface area contributed by atoms with Crippen molar-refractivity contribution in [2.24, 2.45) is 0 Å². The van der Waals surface area contributed by atoms with Crippen molar-refractivity contribution < 1.29 is 27.8 Å². The van der Waals surface area contributed by atoms with Crippen LogP contribution in [0.1, 0.15) is 19.3 Å². The summed E-state index contributed by atoms with van der Waals surface area (Å²) < 4.78 is 37.4. The van der Waals surface area contributed by atoms with E-state index < -0.39 is 22.0 Å². The Morgan fingerprint density at radius 2 is 1.91 bits per heavy atom. The number of carboxylic acid groups (broad SMARTS) is 1. The molecule has 0 saturated carbocycles. The molecule has 0 unspecified atom stereocenters. The maximum Gasteiger partial charge on any atom is 0.322 e. The van der Waals surface area contributed by atoms with Crippen molar-refractivity contribution >= 4 is 16.0 Å². The third-order valence-corrected chi connectivity index (χ3v) is 5.72. The van der Waals surface area contributed by atoms with Gasteiger partial charge in [0.25, 0.3) is 0 Å². The highest BCUT2D eigenvalue weighted by atomic mass is 32.2. The smallest absolute Gasteiger partial charge is 0.322 e. The summed E-state index contributed by atoms with van der Waals surface area (Å²) in [6, 6.07) is 3.40. The summed E-state index contributed by atoms with van der Waals surface area (Å²) in [4.78, 5) is 11.2. The van der Waals surface area contributed by atoms with Crippen LogP contribution in [0.15, 0.2) is 23.1 Å². The third-order valence-electron chi connectivity index (χ3n) is 3.81. The van der Waals surface area contributed by atoms with Crippen LogP contribution in [0.4, 0.5) is 0 Å². The quantitative estimate of drug-likeness (QED) is 0.893. The molecule has 3 rings (SSSR count). The minimum absolute atomic E-state index is 0.0323. The summed E-state index contributed by atoms with van der Waals surface area (Å²) in [7, 11) is -3.86. The number of hydrogen-bond acceptors (Lipinski definition) is 5. The second-order valence-electron chi connectivity index (χ2n) is 5.27. The van der Waals surface area contributed by atoms with Crippen LogP contribution in [-0.4, -0.2) is 49.6 Å². The normalized spacial score (nSPS) is 22.3. The van der Waals surface area contributed by atoms with E-state index in [2.05, 4.69) is 0 Å². The predicted molar refractivity (Wildman–Crippen MR) is 76.6 cm³/mol. The molecule has 2 aliphatic rings. The van der Waals surface area contributed by atoms with Crippen LogP contribution in [0.2, 0.25) is 0 Å². The van der Waals surface area contributed by atoms with E-state index >= 15 is 0 Å². The minimum atomic E-state index is -3.86. The first-order valence-electron chi connectivity index (χ1n) is 7.14. The molecule has 1 aromatic carbocycles. The van der Waals surface area contributed by atoms with Crippen molar-refractivity contribution in [2.45, 2.75) is 30.2 Å². The van der Waals surface area contributed by atoms with E-state index in [9.17, 15) is 18.3 Å². The van der Waals surface area contributed by atoms with Crippen LogP contribution < -0.4 is 9.47 Å². The Morgan fingerprint density at radius 1 is 1.18 bits per heavy atom. The van der Waals surface area contributed by atoms with E-state index in [1.54, 1.807) is 6.07 Å². The van der Waals surface area contributed by atoms with Crippen molar-refractivity contribution in [3.05, 3.63) is 18.2 Å². The van der Waals surface area contributed by atoms with E-state index in [-0.39, 0.29) is 11.4 Å². The van der Waals surface area contributed by atoms with E-state index in [1.807, 2.05) is 0 Å². The first-order chi connectivity index (χ1) is 10.5. The second kappa shape index (κ2) is 5.77. The number of sulfonamides is 1. The molecule has 2 heterocycles. The Bertz CT molecular complexity index is 687. The number of carbonyl (C=O) groups is 1. The number of fused-ring (bicyclic) bond motifs is 1. The average Bonchev–Trinajstić information content (AvgIpc) is 2.87. The van der Waals surface area contributed by atoms with Gasteiger partial charge in [-0.15, -0.1) is 0 Å². The molecule has 1 aromatic rings. The van der Waals surface area contributed by atoms with Crippen molar-refractivity contribution in [2.75, 3.05) is 19.8 Å². The van der Waals surface area contributed by atoms with Crippen LogP contribution in [-0.2, 0) is 14.8 Å². The molecule has 1 saturated heterocycles. The highest BCUT2D eigenvalue weighted by Crippen LogP contribution is 2.34. The SMILES string of the molecule is O=C(O)[C@H]1CCCN1S(=O)(=O)c1ccc2c(c1)OCCCO2. The van der Waals surface area contributed by atoms with Gasteiger partial charge in [-0.1, -0.05) is 0 Å². The molecule has 120 valence electrons. The monoisotopic (exact) mass is 327 g/mol. The van der Waals surface area contributed by atoms with Crippen LogP contribution in [0, 0.1) is 0 Å². The zero-order chi connectivity index (χ0) is 15.7. The number of ether oxygens (including phenoxy) is 2. The van der Waals surface area contributed by atoms with Gasteiger partial charge in [-0.05, 0) is 25.0 Å². The molecular weight excluding hydrogens is 310 g/mol. The second-order valence-corrected chi connectivity index (χ2v) is 7.16. The van der Waals surface area contributed by atoms with Crippen molar-refractivity contribution in [1.82, 2.24) is 4.31 Å². The summed E-state index contributed by atoms with van der Waals surface area (Å²) in [6.45, 7) is 1.19. The van der Waals surface area contributed by atoms with E-state index in [0.29, 0.717) is 37.6 Å². The van der Waals surface area contributed by atoms with E-state index in [0.717, 1.165) is 10.7 Å². The first-order valence-corrected chi connectivity index (χ1v) is 8.58. The molecular formula is C14H17NO6S. The number of rotatable bonds is 3. The van der Waals surface area contributed by atoms with Crippen LogP contribution in [0.3, 0.4) is 0 Å². The number of carboxylic acids is 1. The topological polar surface area (TPSA) is 93.1 Å². The van der Waals surface area contributed by atoms with Gasteiger partial charge in [0, 0.05) is 19.0 Å². The van der Waals surface area contributed by atoms with Gasteiger partial charge in [-0.2, -0.15) is 4.31 Å². The molecule has 0 radical (unpaired) electrons. The molecule has 1 fully saturated rings. The summed E-state index contributed by atoms with van der Waals surface area (Å²) in [6.07, 6.45) is 1.60. The zero-order valence-electron chi connectivity index (χ0n) is 11.9. The number of hydrogen-bond donors (Lipinski definition) is 1. The lowest BCUT2D eigenvalue weighted by molar-refractivity contribution is -0.140. The maximum absolute atomic E-state index is 12.7. The summed E-state index contributed by atoms with van der Waals surface area (Å²) in [5.41, 5.74) is 0. The molecule has 1 atom stereocenters. The molecule has 0 bridgehead atoms. The highest BCUT2D eigenvalue weighted by Gasteiger charge is 2.39. The van der Waals surface area contributed by atoms with Gasteiger partial charge in [0.1, 0.15) is 6.04 Å². The van der Waals surface area contributed by atoms with Crippen molar-refractivity contribution in [3.63, 3.8) is 0 Å². The summed E-state index contributed by atoms with van der Waals surface area (Å²) in [5.74, 6) is -0.229. The lowest BCUT2D eigenvalue weighted by Gasteiger charge is -2.21.